The molecular formula is C23H23ClN4O5S. The number of fused-ring (bicyclic) bond motifs is 1. The zero-order valence-corrected chi connectivity index (χ0v) is 20.5. The summed E-state index contributed by atoms with van der Waals surface area (Å²) in [4.78, 5) is 38.0. The lowest BCUT2D eigenvalue weighted by Crippen LogP contribution is -2.36. The Morgan fingerprint density at radius 2 is 2.06 bits per heavy atom. The number of aromatic nitrogens is 4. The number of halogens is 1. The van der Waals surface area contributed by atoms with Gasteiger partial charge in [0, 0.05) is 20.3 Å². The number of unbranched alkanes of at least 4 members (excludes halogenated alkanes) is 2. The van der Waals surface area contributed by atoms with E-state index in [1.165, 1.54) is 25.2 Å². The maximum Gasteiger partial charge on any atom is 0.303 e. The van der Waals surface area contributed by atoms with Gasteiger partial charge in [0.1, 0.15) is 5.52 Å². The fourth-order valence-corrected chi connectivity index (χ4v) is 4.57. The van der Waals surface area contributed by atoms with E-state index < -0.39 is 30.4 Å². The summed E-state index contributed by atoms with van der Waals surface area (Å²) in [7, 11) is 0. The van der Waals surface area contributed by atoms with Gasteiger partial charge in [-0.3, -0.25) is 14.2 Å². The summed E-state index contributed by atoms with van der Waals surface area (Å²) >= 11 is 7.96. The number of rotatable bonds is 6. The molecule has 11 heteroatoms. The first-order valence-electron chi connectivity index (χ1n) is 10.8. The van der Waals surface area contributed by atoms with Crippen LogP contribution in [-0.2, 0) is 23.8 Å². The third kappa shape index (κ3) is 5.06. The Bertz CT molecular complexity index is 1260. The van der Waals surface area contributed by atoms with Gasteiger partial charge in [0.25, 0.3) is 0 Å². The SMILES string of the molecule is CCCCC#Cc1nc(Cl)c2nc(-c3cccs3)n([C@@H]3OC[C@@H](OC(C)=O)[C@H]3OC(C)=O)c2n1. The van der Waals surface area contributed by atoms with E-state index in [2.05, 4.69) is 33.7 Å². The Labute approximate surface area is 205 Å². The molecule has 1 aliphatic heterocycles. The molecule has 4 heterocycles. The molecule has 4 rings (SSSR count). The molecule has 0 amide bonds. The summed E-state index contributed by atoms with van der Waals surface area (Å²) in [6.07, 6.45) is 0.172. The first-order valence-corrected chi connectivity index (χ1v) is 12.1. The normalized spacial score (nSPS) is 19.6. The lowest BCUT2D eigenvalue weighted by Gasteiger charge is -2.24. The summed E-state index contributed by atoms with van der Waals surface area (Å²) in [6, 6.07) is 3.79. The van der Waals surface area contributed by atoms with Gasteiger partial charge >= 0.3 is 11.9 Å². The van der Waals surface area contributed by atoms with Crippen LogP contribution in [0, 0.1) is 11.8 Å². The topological polar surface area (TPSA) is 105 Å². The molecule has 0 radical (unpaired) electrons. The minimum Gasteiger partial charge on any atom is -0.456 e. The number of imidazole rings is 1. The molecule has 0 bridgehead atoms. The number of nitrogens with zero attached hydrogens (tertiary/aromatic N) is 4. The standard InChI is InChI=1S/C23H23ClN4O5S/c1-4-5-6-7-10-17-25-20(24)18-22(26-17)28(21(27-18)16-9-8-11-34-16)23-19(33-14(3)30)15(12-31-23)32-13(2)29/h8-9,11,15,19,23H,4-6,12H2,1-3H3/t15-,19-,23-/m1/s1. The van der Waals surface area contributed by atoms with Crippen LogP contribution < -0.4 is 0 Å². The van der Waals surface area contributed by atoms with E-state index in [9.17, 15) is 9.59 Å². The van der Waals surface area contributed by atoms with Crippen LogP contribution in [-0.4, -0.2) is 50.3 Å². The Morgan fingerprint density at radius 1 is 1.26 bits per heavy atom. The van der Waals surface area contributed by atoms with Gasteiger partial charge in [-0.1, -0.05) is 36.9 Å². The highest BCUT2D eigenvalue weighted by atomic mass is 35.5. The van der Waals surface area contributed by atoms with Crippen LogP contribution >= 0.6 is 22.9 Å². The Hall–Kier alpha value is -3.00. The highest BCUT2D eigenvalue weighted by Crippen LogP contribution is 2.38. The highest BCUT2D eigenvalue weighted by molar-refractivity contribution is 7.13. The van der Waals surface area contributed by atoms with Gasteiger partial charge in [-0.05, 0) is 23.8 Å². The Kier molecular flexibility index (Phi) is 7.46. The average molecular weight is 503 g/mol. The van der Waals surface area contributed by atoms with Crippen LogP contribution in [0.2, 0.25) is 5.15 Å². The molecule has 0 aliphatic carbocycles. The summed E-state index contributed by atoms with van der Waals surface area (Å²) in [5.41, 5.74) is 0.749. The maximum atomic E-state index is 11.9. The van der Waals surface area contributed by atoms with Crippen molar-refractivity contribution < 1.29 is 23.8 Å². The van der Waals surface area contributed by atoms with E-state index in [0.717, 1.165) is 24.1 Å². The van der Waals surface area contributed by atoms with E-state index in [1.807, 2.05) is 17.5 Å². The minimum absolute atomic E-state index is 0.0360. The van der Waals surface area contributed by atoms with Gasteiger partial charge in [-0.2, -0.15) is 0 Å². The molecule has 3 atom stereocenters. The molecule has 1 fully saturated rings. The average Bonchev–Trinajstić information content (AvgIpc) is 3.50. The lowest BCUT2D eigenvalue weighted by molar-refractivity contribution is -0.164. The third-order valence-electron chi connectivity index (χ3n) is 5.05. The number of hydrogen-bond acceptors (Lipinski definition) is 9. The number of hydrogen-bond donors (Lipinski definition) is 0. The van der Waals surface area contributed by atoms with Gasteiger partial charge in [-0.15, -0.1) is 11.3 Å². The van der Waals surface area contributed by atoms with Crippen LogP contribution in [0.1, 0.15) is 52.1 Å². The number of carbonyl (C=O) groups is 2. The number of esters is 2. The quantitative estimate of drug-likeness (QED) is 0.214. The van der Waals surface area contributed by atoms with Crippen LogP contribution in [0.4, 0.5) is 0 Å². The van der Waals surface area contributed by atoms with Crippen molar-refractivity contribution in [1.29, 1.82) is 0 Å². The first kappa shape index (κ1) is 24.1. The van der Waals surface area contributed by atoms with Crippen molar-refractivity contribution in [2.45, 2.75) is 58.5 Å². The maximum absolute atomic E-state index is 11.9. The van der Waals surface area contributed by atoms with Crippen molar-refractivity contribution in [2.24, 2.45) is 0 Å². The van der Waals surface area contributed by atoms with Crippen LogP contribution in [0.25, 0.3) is 21.9 Å². The molecule has 3 aromatic rings. The fraction of sp³-hybridized carbons (Fsp3) is 0.435. The van der Waals surface area contributed by atoms with Crippen molar-refractivity contribution in [2.75, 3.05) is 6.61 Å². The second kappa shape index (κ2) is 10.5. The second-order valence-corrected chi connectivity index (χ2v) is 8.95. The van der Waals surface area contributed by atoms with E-state index in [0.29, 0.717) is 17.0 Å². The predicted octanol–water partition coefficient (Wildman–Crippen LogP) is 4.14. The van der Waals surface area contributed by atoms with E-state index in [-0.39, 0.29) is 17.6 Å². The number of thiophene rings is 1. The van der Waals surface area contributed by atoms with Gasteiger partial charge in [0.15, 0.2) is 35.1 Å². The first-order chi connectivity index (χ1) is 16.4. The highest BCUT2D eigenvalue weighted by Gasteiger charge is 2.45. The zero-order chi connectivity index (χ0) is 24.2. The van der Waals surface area contributed by atoms with Crippen LogP contribution in [0.5, 0.6) is 0 Å². The van der Waals surface area contributed by atoms with Gasteiger partial charge in [0.05, 0.1) is 11.5 Å². The van der Waals surface area contributed by atoms with Gasteiger partial charge < -0.3 is 14.2 Å². The summed E-state index contributed by atoms with van der Waals surface area (Å²) in [5, 5.41) is 2.07. The fourth-order valence-electron chi connectivity index (χ4n) is 3.65. The van der Waals surface area contributed by atoms with Crippen molar-refractivity contribution >= 4 is 46.0 Å². The number of ether oxygens (including phenoxy) is 3. The molecule has 9 nitrogen and oxygen atoms in total. The summed E-state index contributed by atoms with van der Waals surface area (Å²) < 4.78 is 18.6. The molecule has 0 unspecified atom stereocenters. The van der Waals surface area contributed by atoms with Gasteiger partial charge in [-0.25, -0.2) is 15.0 Å². The molecule has 0 N–H and O–H groups in total. The molecule has 178 valence electrons. The predicted molar refractivity (Wildman–Crippen MR) is 126 cm³/mol. The largest absolute Gasteiger partial charge is 0.456 e. The molecule has 0 saturated carbocycles. The molecular weight excluding hydrogens is 480 g/mol. The Balaban J connectivity index is 1.87. The molecule has 1 aliphatic rings. The van der Waals surface area contributed by atoms with Crippen molar-refractivity contribution in [3.05, 3.63) is 28.5 Å². The summed E-state index contributed by atoms with van der Waals surface area (Å²) in [5.74, 6) is 5.76. The monoisotopic (exact) mass is 502 g/mol. The Morgan fingerprint density at radius 3 is 2.74 bits per heavy atom. The van der Waals surface area contributed by atoms with Gasteiger partial charge in [0.2, 0.25) is 5.82 Å². The smallest absolute Gasteiger partial charge is 0.303 e. The molecule has 1 saturated heterocycles. The van der Waals surface area contributed by atoms with Crippen LogP contribution in [0.3, 0.4) is 0 Å². The van der Waals surface area contributed by atoms with E-state index in [1.54, 1.807) is 4.57 Å². The molecule has 0 aromatic carbocycles. The second-order valence-electron chi connectivity index (χ2n) is 7.64. The third-order valence-corrected chi connectivity index (χ3v) is 6.18. The van der Waals surface area contributed by atoms with E-state index >= 15 is 0 Å². The summed E-state index contributed by atoms with van der Waals surface area (Å²) in [6.45, 7) is 4.71. The van der Waals surface area contributed by atoms with Crippen molar-refractivity contribution in [1.82, 2.24) is 19.5 Å². The molecule has 3 aromatic heterocycles. The molecule has 34 heavy (non-hydrogen) atoms. The number of carbonyl (C=O) groups excluding carboxylic acids is 2. The zero-order valence-electron chi connectivity index (χ0n) is 18.9. The molecule has 0 spiro atoms. The van der Waals surface area contributed by atoms with Crippen molar-refractivity contribution in [3.8, 4) is 22.5 Å². The van der Waals surface area contributed by atoms with Crippen molar-refractivity contribution in [3.63, 3.8) is 0 Å². The lowest BCUT2D eigenvalue weighted by atomic mass is 10.2. The minimum atomic E-state index is -0.912. The van der Waals surface area contributed by atoms with E-state index in [4.69, 9.17) is 25.8 Å². The van der Waals surface area contributed by atoms with Crippen LogP contribution in [0.15, 0.2) is 17.5 Å².